The molecule has 28 heavy (non-hydrogen) atoms. The van der Waals surface area contributed by atoms with Crippen molar-refractivity contribution in [2.24, 2.45) is 0 Å². The molecule has 148 valence electrons. The van der Waals surface area contributed by atoms with Crippen LogP contribution in [0.25, 0.3) is 0 Å². The molecule has 4 nitrogen and oxygen atoms in total. The predicted octanol–water partition coefficient (Wildman–Crippen LogP) is 4.98. The van der Waals surface area contributed by atoms with Crippen LogP contribution in [-0.4, -0.2) is 42.1 Å². The first-order valence-corrected chi connectivity index (χ1v) is 10.9. The second-order valence-electron chi connectivity index (χ2n) is 5.67. The van der Waals surface area contributed by atoms with Crippen LogP contribution in [-0.2, 0) is 9.59 Å². The van der Waals surface area contributed by atoms with Gasteiger partial charge in [0.15, 0.2) is 0 Å². The number of carbonyl (C=O) groups is 2. The molecule has 0 aliphatic carbocycles. The lowest BCUT2D eigenvalue weighted by molar-refractivity contribution is -0.134. The molecule has 0 amide bonds. The molecule has 0 atom stereocenters. The third kappa shape index (κ3) is 9.98. The van der Waals surface area contributed by atoms with E-state index in [2.05, 4.69) is 0 Å². The Bertz CT molecular complexity index is 759. The molecule has 2 aromatic rings. The van der Waals surface area contributed by atoms with Crippen molar-refractivity contribution in [1.82, 2.24) is 0 Å². The minimum Gasteiger partial charge on any atom is -0.481 e. The average Bonchev–Trinajstić information content (AvgIpc) is 2.65. The van der Waals surface area contributed by atoms with Crippen LogP contribution in [0.2, 0.25) is 0 Å². The summed E-state index contributed by atoms with van der Waals surface area (Å²) in [4.78, 5) is 20.6. The van der Waals surface area contributed by atoms with Gasteiger partial charge in [0.25, 0.3) is 0 Å². The number of hydrogen-bond donors (Lipinski definition) is 2. The second kappa shape index (κ2) is 12.7. The largest absolute Gasteiger partial charge is 0.481 e. The Hall–Kier alpha value is -1.74. The van der Waals surface area contributed by atoms with E-state index < -0.39 is 11.9 Å². The van der Waals surface area contributed by atoms with Crippen molar-refractivity contribution < 1.29 is 19.8 Å². The Morgan fingerprint density at radius 3 is 1.25 bits per heavy atom. The molecular formula is C20H20O4S4. The number of carboxylic acid groups (broad SMARTS) is 2. The van der Waals surface area contributed by atoms with E-state index in [4.69, 9.17) is 34.6 Å². The maximum atomic E-state index is 10.3. The van der Waals surface area contributed by atoms with Gasteiger partial charge in [0.1, 0.15) is 0 Å². The summed E-state index contributed by atoms with van der Waals surface area (Å²) in [5.41, 5.74) is 4.16. The van der Waals surface area contributed by atoms with Gasteiger partial charge in [0, 0.05) is 0 Å². The molecule has 2 aromatic carbocycles. The molecule has 0 bridgehead atoms. The summed E-state index contributed by atoms with van der Waals surface area (Å²) in [6.45, 7) is 3.99. The van der Waals surface area contributed by atoms with Gasteiger partial charge in [-0.05, 0) is 25.0 Å². The number of aliphatic carboxylic acids is 2. The molecule has 0 heterocycles. The summed E-state index contributed by atoms with van der Waals surface area (Å²) >= 11 is 12.5. The maximum absolute atomic E-state index is 10.3. The number of rotatable bonds is 6. The zero-order valence-corrected chi connectivity index (χ0v) is 18.6. The minimum atomic E-state index is -0.843. The first-order chi connectivity index (χ1) is 13.2. The highest BCUT2D eigenvalue weighted by atomic mass is 32.2. The smallest absolute Gasteiger partial charge is 0.313 e. The van der Waals surface area contributed by atoms with Crippen LogP contribution >= 0.6 is 48.0 Å². The van der Waals surface area contributed by atoms with Crippen molar-refractivity contribution in [2.75, 3.05) is 11.5 Å². The molecule has 0 aliphatic heterocycles. The van der Waals surface area contributed by atoms with Crippen molar-refractivity contribution in [1.29, 1.82) is 0 Å². The van der Waals surface area contributed by atoms with Crippen LogP contribution < -0.4 is 0 Å². The molecule has 0 aromatic heterocycles. The number of hydrogen-bond acceptors (Lipinski definition) is 6. The molecular weight excluding hydrogens is 432 g/mol. The van der Waals surface area contributed by atoms with E-state index in [1.807, 2.05) is 62.4 Å². The fourth-order valence-electron chi connectivity index (χ4n) is 1.80. The summed E-state index contributed by atoms with van der Waals surface area (Å²) in [6.07, 6.45) is 0. The second-order valence-corrected chi connectivity index (χ2v) is 8.98. The quantitative estimate of drug-likeness (QED) is 0.595. The Labute approximate surface area is 183 Å². The highest BCUT2D eigenvalue weighted by Gasteiger charge is 2.05. The number of aryl methyl sites for hydroxylation is 2. The minimum absolute atomic E-state index is 0.0205. The Balaban J connectivity index is 0.000000280. The highest BCUT2D eigenvalue weighted by molar-refractivity contribution is 8.24. The summed E-state index contributed by atoms with van der Waals surface area (Å²) in [5.74, 6) is -1.65. The van der Waals surface area contributed by atoms with Gasteiger partial charge < -0.3 is 10.2 Å². The average molecular weight is 453 g/mol. The number of thiocarbonyl (C=S) groups is 2. The maximum Gasteiger partial charge on any atom is 0.313 e. The SMILES string of the molecule is Cc1ccc(C(=S)SCC(=O)O)cc1.Cc1ccc(C(=S)SCC(=O)O)cc1. The van der Waals surface area contributed by atoms with E-state index in [1.165, 1.54) is 34.7 Å². The van der Waals surface area contributed by atoms with Crippen LogP contribution in [0.15, 0.2) is 48.5 Å². The van der Waals surface area contributed by atoms with E-state index >= 15 is 0 Å². The lowest BCUT2D eigenvalue weighted by Gasteiger charge is -2.01. The third-order valence-corrected chi connectivity index (χ3v) is 6.18. The predicted molar refractivity (Wildman–Crippen MR) is 126 cm³/mol. The summed E-state index contributed by atoms with van der Waals surface area (Å²) in [7, 11) is 0. The van der Waals surface area contributed by atoms with Gasteiger partial charge in [-0.15, -0.1) is 23.5 Å². The lowest BCUT2D eigenvalue weighted by atomic mass is 10.2. The first kappa shape index (κ1) is 24.3. The van der Waals surface area contributed by atoms with Crippen LogP contribution in [0.5, 0.6) is 0 Å². The van der Waals surface area contributed by atoms with E-state index in [-0.39, 0.29) is 11.5 Å². The van der Waals surface area contributed by atoms with Gasteiger partial charge in [0.05, 0.1) is 19.9 Å². The molecule has 2 rings (SSSR count). The third-order valence-electron chi connectivity index (χ3n) is 3.23. The van der Waals surface area contributed by atoms with E-state index in [9.17, 15) is 9.59 Å². The van der Waals surface area contributed by atoms with Crippen LogP contribution in [0.4, 0.5) is 0 Å². The topological polar surface area (TPSA) is 74.6 Å². The normalized spacial score (nSPS) is 9.79. The van der Waals surface area contributed by atoms with Crippen LogP contribution in [0.3, 0.4) is 0 Å². The number of benzene rings is 2. The van der Waals surface area contributed by atoms with Gasteiger partial charge in [-0.2, -0.15) is 0 Å². The molecule has 0 unspecified atom stereocenters. The van der Waals surface area contributed by atoms with Crippen molar-refractivity contribution in [3.8, 4) is 0 Å². The van der Waals surface area contributed by atoms with Crippen LogP contribution in [0.1, 0.15) is 22.3 Å². The Kier molecular flexibility index (Phi) is 11.0. The Morgan fingerprint density at radius 1 is 0.714 bits per heavy atom. The molecule has 0 radical (unpaired) electrons. The molecule has 8 heteroatoms. The van der Waals surface area contributed by atoms with Gasteiger partial charge >= 0.3 is 11.9 Å². The molecule has 0 saturated heterocycles. The summed E-state index contributed by atoms with van der Waals surface area (Å²) in [6, 6.07) is 15.5. The standard InChI is InChI=1S/2C10H10O2S2/c2*1-7-2-4-8(5-3-7)10(13)14-6-9(11)12/h2*2-5H,6H2,1H3,(H,11,12). The van der Waals surface area contributed by atoms with Gasteiger partial charge in [-0.25, -0.2) is 0 Å². The fourth-order valence-corrected chi connectivity index (χ4v) is 3.54. The molecule has 0 spiro atoms. The van der Waals surface area contributed by atoms with Crippen LogP contribution in [0, 0.1) is 13.8 Å². The van der Waals surface area contributed by atoms with E-state index in [0.29, 0.717) is 8.39 Å². The molecule has 2 N–H and O–H groups in total. The molecule has 0 aliphatic rings. The summed E-state index contributed by atoms with van der Waals surface area (Å²) in [5, 5.41) is 16.9. The fraction of sp³-hybridized carbons (Fsp3) is 0.200. The van der Waals surface area contributed by atoms with Gasteiger partial charge in [-0.3, -0.25) is 9.59 Å². The molecule has 0 saturated carbocycles. The molecule has 0 fully saturated rings. The lowest BCUT2D eigenvalue weighted by Crippen LogP contribution is -2.02. The van der Waals surface area contributed by atoms with E-state index in [1.54, 1.807) is 0 Å². The van der Waals surface area contributed by atoms with Gasteiger partial charge in [-0.1, -0.05) is 84.1 Å². The monoisotopic (exact) mass is 452 g/mol. The zero-order valence-electron chi connectivity index (χ0n) is 15.4. The first-order valence-electron chi connectivity index (χ1n) is 8.10. The van der Waals surface area contributed by atoms with E-state index in [0.717, 1.165) is 11.1 Å². The van der Waals surface area contributed by atoms with Crippen molar-refractivity contribution in [3.63, 3.8) is 0 Å². The number of carboxylic acids is 2. The number of thioether (sulfide) groups is 2. The van der Waals surface area contributed by atoms with Gasteiger partial charge in [0.2, 0.25) is 0 Å². The van der Waals surface area contributed by atoms with Crippen molar-refractivity contribution in [2.45, 2.75) is 13.8 Å². The summed E-state index contributed by atoms with van der Waals surface area (Å²) < 4.78 is 1.26. The zero-order chi connectivity index (χ0) is 21.1. The van der Waals surface area contributed by atoms with Crippen molar-refractivity contribution in [3.05, 3.63) is 70.8 Å². The van der Waals surface area contributed by atoms with Crippen molar-refractivity contribution >= 4 is 68.3 Å². The Morgan fingerprint density at radius 2 is 1.00 bits per heavy atom. The highest BCUT2D eigenvalue weighted by Crippen LogP contribution is 2.15.